The van der Waals surface area contributed by atoms with Crippen molar-refractivity contribution >= 4 is 28.1 Å². The molecule has 1 aliphatic heterocycles. The van der Waals surface area contributed by atoms with Gasteiger partial charge in [0.05, 0.1) is 5.52 Å². The molecular weight excluding hydrogens is 399 g/mol. The summed E-state index contributed by atoms with van der Waals surface area (Å²) in [5.74, 6) is -0.270. The van der Waals surface area contributed by atoms with Crippen LogP contribution >= 0.6 is 11.3 Å². The third-order valence-electron chi connectivity index (χ3n) is 5.42. The summed E-state index contributed by atoms with van der Waals surface area (Å²) in [7, 11) is 0. The standard InChI is InChI=1S/C23H19FN4OS/c24-18-9-3-2-8-17(18)22-27-26-21(30-22)16-7-5-13-28(14-16)23(29)20-12-11-15-6-1-4-10-19(15)25-20/h1-4,6,8-12,16H,5,7,13-14H2/t16-/m0/s1. The van der Waals surface area contributed by atoms with Crippen LogP contribution in [0.25, 0.3) is 21.5 Å². The number of benzene rings is 2. The molecule has 1 amide bonds. The molecule has 0 radical (unpaired) electrons. The number of fused-ring (bicyclic) bond motifs is 1. The van der Waals surface area contributed by atoms with Gasteiger partial charge in [0.2, 0.25) is 0 Å². The first-order valence-electron chi connectivity index (χ1n) is 9.92. The minimum atomic E-state index is -0.303. The summed E-state index contributed by atoms with van der Waals surface area (Å²) >= 11 is 1.40. The van der Waals surface area contributed by atoms with Gasteiger partial charge in [0, 0.05) is 30.0 Å². The van der Waals surface area contributed by atoms with E-state index in [1.807, 2.05) is 35.2 Å². The number of carbonyl (C=O) groups excluding carboxylic acids is 1. The van der Waals surface area contributed by atoms with Crippen LogP contribution in [0, 0.1) is 5.82 Å². The maximum absolute atomic E-state index is 14.1. The van der Waals surface area contributed by atoms with Gasteiger partial charge in [-0.2, -0.15) is 0 Å². The maximum Gasteiger partial charge on any atom is 0.272 e. The molecule has 4 aromatic rings. The predicted octanol–water partition coefficient (Wildman–Crippen LogP) is 4.91. The van der Waals surface area contributed by atoms with Gasteiger partial charge in [-0.25, -0.2) is 9.37 Å². The van der Waals surface area contributed by atoms with E-state index in [4.69, 9.17) is 0 Å². The van der Waals surface area contributed by atoms with Crippen LogP contribution in [0.1, 0.15) is 34.3 Å². The minimum absolute atomic E-state index is 0.0655. The van der Waals surface area contributed by atoms with E-state index in [0.717, 1.165) is 28.8 Å². The zero-order valence-corrected chi connectivity index (χ0v) is 17.0. The lowest BCUT2D eigenvalue weighted by Crippen LogP contribution is -2.39. The number of hydrogen-bond donors (Lipinski definition) is 0. The smallest absolute Gasteiger partial charge is 0.272 e. The van der Waals surface area contributed by atoms with E-state index < -0.39 is 0 Å². The molecule has 1 saturated heterocycles. The Labute approximate surface area is 177 Å². The van der Waals surface area contributed by atoms with E-state index in [9.17, 15) is 9.18 Å². The van der Waals surface area contributed by atoms with Crippen molar-refractivity contribution in [3.63, 3.8) is 0 Å². The summed E-state index contributed by atoms with van der Waals surface area (Å²) in [6.45, 7) is 1.27. The number of hydrogen-bond acceptors (Lipinski definition) is 5. The second kappa shape index (κ2) is 7.91. The summed E-state index contributed by atoms with van der Waals surface area (Å²) in [6, 6.07) is 18.1. The van der Waals surface area contributed by atoms with Gasteiger partial charge in [-0.15, -0.1) is 10.2 Å². The normalized spacial score (nSPS) is 16.7. The predicted molar refractivity (Wildman–Crippen MR) is 115 cm³/mol. The van der Waals surface area contributed by atoms with Crippen molar-refractivity contribution in [1.82, 2.24) is 20.1 Å². The second-order valence-corrected chi connectivity index (χ2v) is 8.41. The van der Waals surface area contributed by atoms with E-state index in [0.29, 0.717) is 29.4 Å². The van der Waals surface area contributed by atoms with Crippen molar-refractivity contribution in [1.29, 1.82) is 0 Å². The molecule has 1 atom stereocenters. The number of likely N-dealkylation sites (tertiary alicyclic amines) is 1. The number of amides is 1. The van der Waals surface area contributed by atoms with Crippen molar-refractivity contribution < 1.29 is 9.18 Å². The molecule has 150 valence electrons. The average molecular weight is 418 g/mol. The summed E-state index contributed by atoms with van der Waals surface area (Å²) in [5.41, 5.74) is 1.74. The lowest BCUT2D eigenvalue weighted by Gasteiger charge is -2.31. The highest BCUT2D eigenvalue weighted by molar-refractivity contribution is 7.14. The highest BCUT2D eigenvalue weighted by atomic mass is 32.1. The highest BCUT2D eigenvalue weighted by Gasteiger charge is 2.28. The Kier molecular flexibility index (Phi) is 4.96. The lowest BCUT2D eigenvalue weighted by molar-refractivity contribution is 0.0701. The van der Waals surface area contributed by atoms with Crippen LogP contribution in [0.4, 0.5) is 4.39 Å². The number of rotatable bonds is 3. The molecule has 0 aliphatic carbocycles. The summed E-state index contributed by atoms with van der Waals surface area (Å²) in [5, 5.41) is 10.9. The average Bonchev–Trinajstić information content (AvgIpc) is 3.29. The Hall–Kier alpha value is -3.19. The largest absolute Gasteiger partial charge is 0.337 e. The van der Waals surface area contributed by atoms with Gasteiger partial charge in [-0.3, -0.25) is 4.79 Å². The molecule has 1 fully saturated rings. The molecule has 30 heavy (non-hydrogen) atoms. The molecule has 0 saturated carbocycles. The minimum Gasteiger partial charge on any atom is -0.337 e. The van der Waals surface area contributed by atoms with Gasteiger partial charge in [0.1, 0.15) is 16.5 Å². The fourth-order valence-corrected chi connectivity index (χ4v) is 4.85. The van der Waals surface area contributed by atoms with E-state index >= 15 is 0 Å². The lowest BCUT2D eigenvalue weighted by atomic mass is 9.98. The van der Waals surface area contributed by atoms with Gasteiger partial charge >= 0.3 is 0 Å². The van der Waals surface area contributed by atoms with Crippen LogP contribution in [-0.2, 0) is 0 Å². The number of pyridine rings is 1. The molecule has 0 N–H and O–H groups in total. The van der Waals surface area contributed by atoms with Crippen molar-refractivity contribution in [2.45, 2.75) is 18.8 Å². The summed E-state index contributed by atoms with van der Waals surface area (Å²) < 4.78 is 14.1. The van der Waals surface area contributed by atoms with Gasteiger partial charge in [-0.1, -0.05) is 47.7 Å². The Bertz CT molecular complexity index is 1220. The molecule has 5 rings (SSSR count). The topological polar surface area (TPSA) is 59.0 Å². The Morgan fingerprint density at radius 3 is 2.77 bits per heavy atom. The summed E-state index contributed by atoms with van der Waals surface area (Å²) in [4.78, 5) is 19.5. The molecule has 0 unspecified atom stereocenters. The zero-order valence-electron chi connectivity index (χ0n) is 16.2. The molecule has 2 aromatic heterocycles. The number of para-hydroxylation sites is 1. The van der Waals surface area contributed by atoms with E-state index in [1.54, 1.807) is 24.3 Å². The molecule has 7 heteroatoms. The maximum atomic E-state index is 14.1. The van der Waals surface area contributed by atoms with Crippen molar-refractivity contribution in [3.05, 3.63) is 77.2 Å². The molecule has 3 heterocycles. The first kappa shape index (κ1) is 18.8. The third kappa shape index (κ3) is 3.57. The van der Waals surface area contributed by atoms with Gasteiger partial charge in [0.15, 0.2) is 5.01 Å². The van der Waals surface area contributed by atoms with Crippen molar-refractivity contribution in [2.75, 3.05) is 13.1 Å². The monoisotopic (exact) mass is 418 g/mol. The van der Waals surface area contributed by atoms with Crippen LogP contribution in [0.5, 0.6) is 0 Å². The molecule has 1 aliphatic rings. The van der Waals surface area contributed by atoms with E-state index in [-0.39, 0.29) is 17.6 Å². The summed E-state index contributed by atoms with van der Waals surface area (Å²) in [6.07, 6.45) is 1.82. The van der Waals surface area contributed by atoms with E-state index in [1.165, 1.54) is 17.4 Å². The molecular formula is C23H19FN4OS. The number of aromatic nitrogens is 3. The van der Waals surface area contributed by atoms with Crippen LogP contribution in [-0.4, -0.2) is 39.1 Å². The highest BCUT2D eigenvalue weighted by Crippen LogP contribution is 2.33. The fraction of sp³-hybridized carbons (Fsp3) is 0.217. The molecule has 2 aromatic carbocycles. The van der Waals surface area contributed by atoms with Gasteiger partial charge in [-0.05, 0) is 37.1 Å². The Balaban J connectivity index is 1.35. The SMILES string of the molecule is O=C(c1ccc2ccccc2n1)N1CCC[C@H](c2nnc(-c3ccccc3F)s2)C1. The Morgan fingerprint density at radius 2 is 1.87 bits per heavy atom. The number of halogens is 1. The zero-order chi connectivity index (χ0) is 20.5. The van der Waals surface area contributed by atoms with Crippen molar-refractivity contribution in [3.8, 4) is 10.6 Å². The first-order chi connectivity index (χ1) is 14.7. The third-order valence-corrected chi connectivity index (χ3v) is 6.54. The van der Waals surface area contributed by atoms with Gasteiger partial charge in [0.25, 0.3) is 5.91 Å². The van der Waals surface area contributed by atoms with Crippen LogP contribution < -0.4 is 0 Å². The molecule has 0 spiro atoms. The molecule has 0 bridgehead atoms. The fourth-order valence-electron chi connectivity index (χ4n) is 3.85. The first-order valence-corrected chi connectivity index (χ1v) is 10.7. The van der Waals surface area contributed by atoms with E-state index in [2.05, 4.69) is 15.2 Å². The molecule has 5 nitrogen and oxygen atoms in total. The number of carbonyl (C=O) groups is 1. The van der Waals surface area contributed by atoms with Crippen LogP contribution in [0.3, 0.4) is 0 Å². The van der Waals surface area contributed by atoms with Crippen LogP contribution in [0.15, 0.2) is 60.7 Å². The Morgan fingerprint density at radius 1 is 1.03 bits per heavy atom. The quantitative estimate of drug-likeness (QED) is 0.474. The number of piperidine rings is 1. The van der Waals surface area contributed by atoms with Crippen molar-refractivity contribution in [2.24, 2.45) is 0 Å². The van der Waals surface area contributed by atoms with Crippen LogP contribution in [0.2, 0.25) is 0 Å². The number of nitrogens with zero attached hydrogens (tertiary/aromatic N) is 4. The van der Waals surface area contributed by atoms with Gasteiger partial charge < -0.3 is 4.90 Å². The second-order valence-electron chi connectivity index (χ2n) is 7.40.